The molecule has 6 heteroatoms. The minimum atomic E-state index is -2.97. The second kappa shape index (κ2) is 4.14. The van der Waals surface area contributed by atoms with Crippen LogP contribution in [0.2, 0.25) is 0 Å². The van der Waals surface area contributed by atoms with Crippen molar-refractivity contribution in [3.63, 3.8) is 0 Å². The van der Waals surface area contributed by atoms with Crippen molar-refractivity contribution in [1.29, 1.82) is 0 Å². The van der Waals surface area contributed by atoms with Gasteiger partial charge in [0.15, 0.2) is 0 Å². The highest BCUT2D eigenvalue weighted by molar-refractivity contribution is 6.63. The van der Waals surface area contributed by atoms with Gasteiger partial charge in [-0.3, -0.25) is 0 Å². The molecule has 18 heavy (non-hydrogen) atoms. The van der Waals surface area contributed by atoms with Crippen LogP contribution in [0.15, 0.2) is 16.7 Å². The van der Waals surface area contributed by atoms with Gasteiger partial charge in [0.05, 0.1) is 30.0 Å². The van der Waals surface area contributed by atoms with Gasteiger partial charge in [0.25, 0.3) is 0 Å². The summed E-state index contributed by atoms with van der Waals surface area (Å²) in [5.74, 6) is -1.88. The zero-order valence-electron chi connectivity index (χ0n) is 15.6. The number of rotatable bonds is 2. The average molecular weight is 257 g/mol. The number of hydrogen-bond acceptors (Lipinski definition) is 5. The standard InChI is InChI=1S/C12H17BO5/c1-11(2)12(3,4)18-13(17-11)8-6-7-16-9(8)10(14)15-5/h6-7H,1-5H3/i5D3,6D,7D. The van der Waals surface area contributed by atoms with E-state index < -0.39 is 49.4 Å². The van der Waals surface area contributed by atoms with Crippen molar-refractivity contribution >= 4 is 18.6 Å². The van der Waals surface area contributed by atoms with E-state index >= 15 is 0 Å². The predicted octanol–water partition coefficient (Wildman–Crippen LogP) is 1.37. The van der Waals surface area contributed by atoms with E-state index in [1.165, 1.54) is 0 Å². The van der Waals surface area contributed by atoms with Gasteiger partial charge in [0, 0.05) is 5.46 Å². The van der Waals surface area contributed by atoms with E-state index in [-0.39, 0.29) is 5.46 Å². The van der Waals surface area contributed by atoms with Gasteiger partial charge < -0.3 is 18.5 Å². The van der Waals surface area contributed by atoms with Gasteiger partial charge in [-0.1, -0.05) is 0 Å². The van der Waals surface area contributed by atoms with Gasteiger partial charge >= 0.3 is 13.1 Å². The van der Waals surface area contributed by atoms with Crippen LogP contribution in [0.1, 0.15) is 45.1 Å². The molecule has 0 atom stereocenters. The number of methoxy groups -OCH3 is 1. The fourth-order valence-electron chi connectivity index (χ4n) is 1.57. The molecule has 0 saturated carbocycles. The van der Waals surface area contributed by atoms with E-state index in [2.05, 4.69) is 4.74 Å². The third-order valence-corrected chi connectivity index (χ3v) is 3.35. The lowest BCUT2D eigenvalue weighted by Gasteiger charge is -2.32. The molecule has 2 rings (SSSR count). The summed E-state index contributed by atoms with van der Waals surface area (Å²) in [6.07, 6.45) is -0.604. The van der Waals surface area contributed by atoms with E-state index in [0.29, 0.717) is 0 Å². The lowest BCUT2D eigenvalue weighted by atomic mass is 9.79. The molecule has 0 N–H and O–H groups in total. The summed E-state index contributed by atoms with van der Waals surface area (Å²) in [6.45, 7) is 7.11. The maximum atomic E-state index is 12.0. The largest absolute Gasteiger partial charge is 0.499 e. The van der Waals surface area contributed by atoms with Crippen molar-refractivity contribution in [3.05, 3.63) is 18.0 Å². The second-order valence-corrected chi connectivity index (χ2v) is 5.05. The quantitative estimate of drug-likeness (QED) is 0.591. The average Bonchev–Trinajstić information content (AvgIpc) is 2.72. The zero-order valence-corrected chi connectivity index (χ0v) is 10.6. The summed E-state index contributed by atoms with van der Waals surface area (Å²) in [7, 11) is -4.11. The van der Waals surface area contributed by atoms with E-state index in [0.717, 1.165) is 0 Å². The first-order chi connectivity index (χ1) is 10.3. The zero-order chi connectivity index (χ0) is 17.8. The van der Waals surface area contributed by atoms with E-state index in [1.54, 1.807) is 27.7 Å². The van der Waals surface area contributed by atoms with Gasteiger partial charge in [0.1, 0.15) is 1.37 Å². The van der Waals surface area contributed by atoms with Crippen molar-refractivity contribution < 1.29 is 30.1 Å². The highest BCUT2D eigenvalue weighted by atomic mass is 16.7. The number of esters is 1. The highest BCUT2D eigenvalue weighted by Crippen LogP contribution is 2.36. The van der Waals surface area contributed by atoms with Crippen molar-refractivity contribution in [1.82, 2.24) is 0 Å². The van der Waals surface area contributed by atoms with Crippen LogP contribution in [0.25, 0.3) is 0 Å². The number of furan rings is 1. The van der Waals surface area contributed by atoms with E-state index in [4.69, 9.17) is 20.6 Å². The summed E-state index contributed by atoms with van der Waals surface area (Å²) in [4.78, 5) is 12.0. The van der Waals surface area contributed by atoms with Crippen LogP contribution in [0.4, 0.5) is 0 Å². The van der Waals surface area contributed by atoms with Gasteiger partial charge in [-0.15, -0.1) is 0 Å². The Hall–Kier alpha value is -1.27. The molecule has 0 radical (unpaired) electrons. The normalized spacial score (nSPS) is 25.8. The van der Waals surface area contributed by atoms with Crippen LogP contribution in [0, 0.1) is 0 Å². The maximum Gasteiger partial charge on any atom is 0.499 e. The molecule has 0 spiro atoms. The summed E-state index contributed by atoms with van der Waals surface area (Å²) in [5, 5.41) is 0. The molecule has 98 valence electrons. The minimum absolute atomic E-state index is 0.150. The Morgan fingerprint density at radius 1 is 1.39 bits per heavy atom. The molecule has 1 saturated heterocycles. The lowest BCUT2D eigenvalue weighted by molar-refractivity contribution is 0.00578. The van der Waals surface area contributed by atoms with Crippen molar-refractivity contribution in [2.75, 3.05) is 7.04 Å². The summed E-state index contributed by atoms with van der Waals surface area (Å²) >= 11 is 0. The van der Waals surface area contributed by atoms with Crippen molar-refractivity contribution in [2.24, 2.45) is 0 Å². The van der Waals surface area contributed by atoms with Crippen LogP contribution >= 0.6 is 0 Å². The molecule has 0 aliphatic carbocycles. The Bertz CT molecular complexity index is 621. The van der Waals surface area contributed by atoms with Gasteiger partial charge in [-0.05, 0) is 33.7 Å². The first kappa shape index (κ1) is 8.02. The molecule has 2 heterocycles. The Balaban J connectivity index is 2.42. The Kier molecular flexibility index (Phi) is 1.84. The molecular formula is C12H17BO5. The molecule has 1 aliphatic heterocycles. The van der Waals surface area contributed by atoms with Crippen LogP contribution in [0.3, 0.4) is 0 Å². The summed E-state index contributed by atoms with van der Waals surface area (Å²) in [6, 6.07) is -0.416. The predicted molar refractivity (Wildman–Crippen MR) is 65.8 cm³/mol. The Labute approximate surface area is 114 Å². The van der Waals surface area contributed by atoms with Gasteiger partial charge in [-0.2, -0.15) is 0 Å². The second-order valence-electron chi connectivity index (χ2n) is 5.05. The number of carbonyl (C=O) groups is 1. The molecule has 5 nitrogen and oxygen atoms in total. The number of carbonyl (C=O) groups excluding carboxylic acids is 1. The SMILES string of the molecule is [2H]c1oc(C(=O)OC([2H])([2H])[2H])c(B2OC(C)(C)C(C)(C)O2)c1[2H]. The fraction of sp³-hybridized carbons (Fsp3) is 0.583. The fourth-order valence-corrected chi connectivity index (χ4v) is 1.57. The van der Waals surface area contributed by atoms with Crippen LogP contribution in [-0.2, 0) is 14.0 Å². The molecule has 1 aromatic rings. The van der Waals surface area contributed by atoms with Crippen molar-refractivity contribution in [2.45, 2.75) is 38.9 Å². The molecule has 0 aromatic carbocycles. The molecule has 1 aromatic heterocycles. The molecule has 1 aliphatic rings. The number of ether oxygens (including phenoxy) is 1. The molecule has 0 amide bonds. The molecule has 1 fully saturated rings. The third kappa shape index (κ3) is 1.95. The smallest absolute Gasteiger partial charge is 0.463 e. The summed E-state index contributed by atoms with van der Waals surface area (Å²) < 4.78 is 57.0. The van der Waals surface area contributed by atoms with Crippen molar-refractivity contribution in [3.8, 4) is 0 Å². The van der Waals surface area contributed by atoms with E-state index in [9.17, 15) is 4.79 Å². The van der Waals surface area contributed by atoms with Gasteiger partial charge in [0.2, 0.25) is 5.76 Å². The lowest BCUT2D eigenvalue weighted by Crippen LogP contribution is -2.41. The highest BCUT2D eigenvalue weighted by Gasteiger charge is 2.53. The maximum absolute atomic E-state index is 12.0. The van der Waals surface area contributed by atoms with Crippen LogP contribution in [0.5, 0.6) is 0 Å². The Morgan fingerprint density at radius 2 is 2.00 bits per heavy atom. The number of hydrogen-bond donors (Lipinski definition) is 0. The topological polar surface area (TPSA) is 57.9 Å². The first-order valence-corrected chi connectivity index (χ1v) is 5.44. The Morgan fingerprint density at radius 3 is 2.56 bits per heavy atom. The van der Waals surface area contributed by atoms with Crippen LogP contribution in [-0.4, -0.2) is 31.3 Å². The monoisotopic (exact) mass is 257 g/mol. The minimum Gasteiger partial charge on any atom is -0.463 e. The third-order valence-electron chi connectivity index (χ3n) is 3.35. The van der Waals surface area contributed by atoms with E-state index in [1.807, 2.05) is 0 Å². The summed E-state index contributed by atoms with van der Waals surface area (Å²) in [5.41, 5.74) is -1.63. The van der Waals surface area contributed by atoms with Crippen LogP contribution < -0.4 is 5.46 Å². The molecule has 0 unspecified atom stereocenters. The molecule has 0 bridgehead atoms. The first-order valence-electron chi connectivity index (χ1n) is 7.94. The van der Waals surface area contributed by atoms with Gasteiger partial charge in [-0.25, -0.2) is 4.79 Å². The molecular weight excluding hydrogens is 235 g/mol.